The Kier molecular flexibility index (Phi) is 12.2. The van der Waals surface area contributed by atoms with Gasteiger partial charge in [-0.05, 0) is 49.4 Å². The Morgan fingerprint density at radius 3 is 2.48 bits per heavy atom. The minimum atomic E-state index is -1.17. The van der Waals surface area contributed by atoms with E-state index in [-0.39, 0.29) is 24.2 Å². The summed E-state index contributed by atoms with van der Waals surface area (Å²) in [5, 5.41) is 7.50. The van der Waals surface area contributed by atoms with E-state index in [1.54, 1.807) is 17.5 Å². The smallest absolute Gasteiger partial charge is 0.262 e. The molecule has 3 aliphatic rings. The van der Waals surface area contributed by atoms with E-state index in [1.807, 2.05) is 6.07 Å². The molecule has 1 atom stereocenters. The predicted octanol–water partition coefficient (Wildman–Crippen LogP) is 4.79. The zero-order chi connectivity index (χ0) is 36.6. The minimum absolute atomic E-state index is 0.0769. The minimum Gasteiger partial charge on any atom is -0.480 e. The summed E-state index contributed by atoms with van der Waals surface area (Å²) in [7, 11) is 0. The van der Waals surface area contributed by atoms with Crippen molar-refractivity contribution in [3.63, 3.8) is 0 Å². The molecule has 15 heteroatoms. The number of rotatable bonds is 16. The van der Waals surface area contributed by atoms with Gasteiger partial charge in [0, 0.05) is 37.0 Å². The van der Waals surface area contributed by atoms with Crippen LogP contribution in [0, 0.1) is 11.6 Å². The lowest BCUT2D eigenvalue weighted by Gasteiger charge is -2.27. The molecular weight excluding hydrogens is 696 g/mol. The lowest BCUT2D eigenvalue weighted by Crippen LogP contribution is -2.54. The highest BCUT2D eigenvalue weighted by Crippen LogP contribution is 2.36. The average molecular weight is 738 g/mol. The van der Waals surface area contributed by atoms with Crippen molar-refractivity contribution in [1.82, 2.24) is 20.5 Å². The van der Waals surface area contributed by atoms with Crippen LogP contribution in [0.1, 0.15) is 84.1 Å². The van der Waals surface area contributed by atoms with Gasteiger partial charge in [0.05, 0.1) is 30.0 Å². The first-order chi connectivity index (χ1) is 25.2. The first-order valence-electron chi connectivity index (χ1n) is 17.7. The summed E-state index contributed by atoms with van der Waals surface area (Å²) >= 11 is 1.39. The number of carbonyl (C=O) groups excluding carboxylic acids is 5. The van der Waals surface area contributed by atoms with Crippen molar-refractivity contribution in [2.24, 2.45) is 0 Å². The number of hydrogen-bond donors (Lipinski definition) is 2. The van der Waals surface area contributed by atoms with Gasteiger partial charge in [-0.3, -0.25) is 34.2 Å². The summed E-state index contributed by atoms with van der Waals surface area (Å²) in [5.74, 6) is -5.04. The molecule has 12 nitrogen and oxygen atoms in total. The number of benzene rings is 2. The Morgan fingerprint density at radius 2 is 1.71 bits per heavy atom. The van der Waals surface area contributed by atoms with Crippen molar-refractivity contribution in [3.8, 4) is 17.0 Å². The number of imide groups is 2. The van der Waals surface area contributed by atoms with Gasteiger partial charge in [-0.1, -0.05) is 44.2 Å². The summed E-state index contributed by atoms with van der Waals surface area (Å²) in [4.78, 5) is 70.4. The highest BCUT2D eigenvalue weighted by molar-refractivity contribution is 7.14. The zero-order valence-electron chi connectivity index (χ0n) is 28.7. The number of halogens is 2. The van der Waals surface area contributed by atoms with Crippen LogP contribution in [0.2, 0.25) is 0 Å². The molecule has 5 amide bonds. The third-order valence-corrected chi connectivity index (χ3v) is 10.3. The summed E-state index contributed by atoms with van der Waals surface area (Å²) in [6.45, 7) is 2.53. The molecule has 3 aliphatic heterocycles. The third-order valence-electron chi connectivity index (χ3n) is 9.45. The summed E-state index contributed by atoms with van der Waals surface area (Å²) in [5.41, 5.74) is 2.14. The molecular formula is C37H41F2N5O7S. The van der Waals surface area contributed by atoms with Gasteiger partial charge < -0.3 is 19.7 Å². The van der Waals surface area contributed by atoms with Gasteiger partial charge in [-0.2, -0.15) is 4.39 Å². The molecule has 0 radical (unpaired) electrons. The molecule has 1 unspecified atom stereocenters. The van der Waals surface area contributed by atoms with Crippen molar-refractivity contribution in [2.75, 3.05) is 44.4 Å². The second-order valence-corrected chi connectivity index (χ2v) is 13.8. The SMILES string of the molecule is O=C(COc1c(-c2csc(N3CCOCC3)n2)ccc(F)c1F)NCCCCCCCCCc1cccc2c1C(=O)N(C1CCC(=O)NC1=O)C2=O. The fraction of sp³-hybridized carbons (Fsp3) is 0.459. The number of amides is 5. The van der Waals surface area contributed by atoms with Crippen LogP contribution in [-0.2, 0) is 25.5 Å². The fourth-order valence-corrected chi connectivity index (χ4v) is 7.58. The molecule has 276 valence electrons. The monoisotopic (exact) mass is 737 g/mol. The number of thiazole rings is 1. The molecule has 2 aromatic carbocycles. The number of fused-ring (bicyclic) bond motifs is 1. The van der Waals surface area contributed by atoms with Crippen molar-refractivity contribution in [3.05, 3.63) is 64.0 Å². The van der Waals surface area contributed by atoms with Gasteiger partial charge in [-0.15, -0.1) is 11.3 Å². The lowest BCUT2D eigenvalue weighted by atomic mass is 9.97. The van der Waals surface area contributed by atoms with Crippen molar-refractivity contribution in [1.29, 1.82) is 0 Å². The average Bonchev–Trinajstić information content (AvgIpc) is 3.73. The van der Waals surface area contributed by atoms with Gasteiger partial charge >= 0.3 is 0 Å². The number of nitrogens with zero attached hydrogens (tertiary/aromatic N) is 3. The van der Waals surface area contributed by atoms with Crippen molar-refractivity contribution >= 4 is 46.0 Å². The molecule has 4 heterocycles. The topological polar surface area (TPSA) is 147 Å². The molecule has 2 saturated heterocycles. The van der Waals surface area contributed by atoms with Gasteiger partial charge in [0.15, 0.2) is 23.3 Å². The number of anilines is 1. The Hall–Kier alpha value is -4.76. The summed E-state index contributed by atoms with van der Waals surface area (Å²) < 4.78 is 39.8. The first-order valence-corrected chi connectivity index (χ1v) is 18.6. The number of piperidine rings is 1. The van der Waals surface area contributed by atoms with E-state index in [0.29, 0.717) is 56.1 Å². The van der Waals surface area contributed by atoms with Gasteiger partial charge in [0.1, 0.15) is 6.04 Å². The van der Waals surface area contributed by atoms with Crippen LogP contribution in [0.15, 0.2) is 35.7 Å². The highest BCUT2D eigenvalue weighted by Gasteiger charge is 2.45. The maximum Gasteiger partial charge on any atom is 0.262 e. The van der Waals surface area contributed by atoms with E-state index in [1.165, 1.54) is 17.4 Å². The molecule has 0 aliphatic carbocycles. The van der Waals surface area contributed by atoms with E-state index in [0.717, 1.165) is 66.6 Å². The van der Waals surface area contributed by atoms with Crippen LogP contribution < -0.4 is 20.3 Å². The van der Waals surface area contributed by atoms with E-state index in [2.05, 4.69) is 20.5 Å². The maximum atomic E-state index is 14.8. The number of nitrogens with one attached hydrogen (secondary N) is 2. The van der Waals surface area contributed by atoms with E-state index in [4.69, 9.17) is 9.47 Å². The number of hydrogen-bond acceptors (Lipinski definition) is 10. The molecule has 2 fully saturated rings. The van der Waals surface area contributed by atoms with E-state index in [9.17, 15) is 32.8 Å². The number of unbranched alkanes of at least 4 members (excludes halogenated alkanes) is 6. The molecule has 1 aromatic heterocycles. The Morgan fingerprint density at radius 1 is 0.962 bits per heavy atom. The first kappa shape index (κ1) is 37.0. The number of aromatic nitrogens is 1. The molecule has 0 spiro atoms. The standard InChI is InChI=1S/C37H41F2N5O7S/c38-26-13-12-24(27-22-52-37(41-27)43-17-19-50-20-18-43)33(32(26)39)51-21-30(46)40-16-7-5-3-1-2-4-6-9-23-10-8-11-25-31(23)36(49)44(35(25)48)28-14-15-29(45)42-34(28)47/h8,10-13,22,28H,1-7,9,14-21H2,(H,40,46)(H,42,45,47). The van der Waals surface area contributed by atoms with Crippen molar-refractivity contribution < 1.29 is 42.2 Å². The van der Waals surface area contributed by atoms with Gasteiger partial charge in [-0.25, -0.2) is 9.37 Å². The number of aryl methyl sites for hydroxylation is 1. The second kappa shape index (κ2) is 17.2. The number of morpholine rings is 1. The molecule has 6 rings (SSSR count). The Balaban J connectivity index is 0.873. The van der Waals surface area contributed by atoms with Crippen LogP contribution >= 0.6 is 11.3 Å². The van der Waals surface area contributed by atoms with Crippen LogP contribution in [0.25, 0.3) is 11.3 Å². The van der Waals surface area contributed by atoms with Crippen LogP contribution in [0.3, 0.4) is 0 Å². The predicted molar refractivity (Wildman–Crippen MR) is 188 cm³/mol. The van der Waals surface area contributed by atoms with Crippen LogP contribution in [-0.4, -0.2) is 84.9 Å². The summed E-state index contributed by atoms with van der Waals surface area (Å²) in [6, 6.07) is 6.63. The Bertz CT molecular complexity index is 1830. The largest absolute Gasteiger partial charge is 0.480 e. The van der Waals surface area contributed by atoms with Gasteiger partial charge in [0.25, 0.3) is 17.7 Å². The molecule has 3 aromatic rings. The molecule has 52 heavy (non-hydrogen) atoms. The van der Waals surface area contributed by atoms with Gasteiger partial charge in [0.2, 0.25) is 17.6 Å². The maximum absolute atomic E-state index is 14.8. The Labute approximate surface area is 303 Å². The van der Waals surface area contributed by atoms with Crippen molar-refractivity contribution in [2.45, 2.75) is 70.3 Å². The molecule has 0 bridgehead atoms. The summed E-state index contributed by atoms with van der Waals surface area (Å²) in [6.07, 6.45) is 7.20. The van der Waals surface area contributed by atoms with E-state index < -0.39 is 53.8 Å². The quantitative estimate of drug-likeness (QED) is 0.156. The molecule has 2 N–H and O–H groups in total. The van der Waals surface area contributed by atoms with Crippen LogP contribution in [0.5, 0.6) is 5.75 Å². The third kappa shape index (κ3) is 8.47. The second-order valence-electron chi connectivity index (χ2n) is 13.0. The van der Waals surface area contributed by atoms with Crippen LogP contribution in [0.4, 0.5) is 13.9 Å². The number of carbonyl (C=O) groups is 5. The van der Waals surface area contributed by atoms with E-state index >= 15 is 0 Å². The highest BCUT2D eigenvalue weighted by atomic mass is 32.1. The fourth-order valence-electron chi connectivity index (χ4n) is 6.70. The normalized spacial score (nSPS) is 17.4. The number of ether oxygens (including phenoxy) is 2. The zero-order valence-corrected chi connectivity index (χ0v) is 29.5. The molecule has 0 saturated carbocycles. The lowest BCUT2D eigenvalue weighted by molar-refractivity contribution is -0.136.